The molecule has 0 aliphatic heterocycles. The van der Waals surface area contributed by atoms with Crippen LogP contribution in [0.25, 0.3) is 0 Å². The summed E-state index contributed by atoms with van der Waals surface area (Å²) in [5.41, 5.74) is 1.36. The Kier molecular flexibility index (Phi) is 4.40. The lowest BCUT2D eigenvalue weighted by Gasteiger charge is -2.05. The fourth-order valence-corrected chi connectivity index (χ4v) is 1.22. The number of allylic oxidation sites excluding steroid dienone is 1. The fraction of sp³-hybridized carbons (Fsp3) is 0.545. The first-order valence-electron chi connectivity index (χ1n) is 5.02. The number of hydrogen-bond acceptors (Lipinski definition) is 2. The number of nitrogens with zero attached hydrogens (tertiary/aromatic N) is 2. The number of rotatable bonds is 5. The van der Waals surface area contributed by atoms with E-state index in [1.54, 1.807) is 0 Å². The number of hydrogen-bond donors (Lipinski definition) is 1. The van der Waals surface area contributed by atoms with Gasteiger partial charge in [-0.1, -0.05) is 11.6 Å². The van der Waals surface area contributed by atoms with Gasteiger partial charge in [0.25, 0.3) is 0 Å². The SMILES string of the molecule is CC(C)=CCNCCn1ccnc1C. The van der Waals surface area contributed by atoms with Crippen LogP contribution in [0.4, 0.5) is 0 Å². The number of aryl methyl sites for hydroxylation is 1. The molecule has 0 spiro atoms. The van der Waals surface area contributed by atoms with Crippen LogP contribution in [0.5, 0.6) is 0 Å². The summed E-state index contributed by atoms with van der Waals surface area (Å²) in [5, 5.41) is 3.36. The molecule has 0 aliphatic rings. The molecule has 0 bridgehead atoms. The summed E-state index contributed by atoms with van der Waals surface area (Å²) in [6.07, 6.45) is 6.05. The van der Waals surface area contributed by atoms with E-state index in [0.717, 1.165) is 25.5 Å². The first-order chi connectivity index (χ1) is 6.70. The Morgan fingerprint density at radius 1 is 1.57 bits per heavy atom. The van der Waals surface area contributed by atoms with E-state index >= 15 is 0 Å². The highest BCUT2D eigenvalue weighted by atomic mass is 15.1. The minimum atomic E-state index is 0.954. The van der Waals surface area contributed by atoms with Crippen LogP contribution in [0, 0.1) is 6.92 Å². The van der Waals surface area contributed by atoms with E-state index in [0.29, 0.717) is 0 Å². The lowest BCUT2D eigenvalue weighted by atomic mass is 10.3. The third-order valence-electron chi connectivity index (χ3n) is 2.11. The Balaban J connectivity index is 2.16. The minimum Gasteiger partial charge on any atom is -0.334 e. The van der Waals surface area contributed by atoms with Crippen molar-refractivity contribution in [2.45, 2.75) is 27.3 Å². The summed E-state index contributed by atoms with van der Waals surface area (Å²) in [6, 6.07) is 0. The second kappa shape index (κ2) is 5.60. The second-order valence-corrected chi connectivity index (χ2v) is 3.65. The molecule has 0 atom stereocenters. The predicted molar refractivity (Wildman–Crippen MR) is 59.3 cm³/mol. The molecular weight excluding hydrogens is 174 g/mol. The van der Waals surface area contributed by atoms with Crippen molar-refractivity contribution < 1.29 is 0 Å². The average Bonchev–Trinajstić information content (AvgIpc) is 2.51. The molecule has 1 aromatic rings. The molecule has 14 heavy (non-hydrogen) atoms. The molecule has 1 heterocycles. The van der Waals surface area contributed by atoms with Gasteiger partial charge in [-0.2, -0.15) is 0 Å². The van der Waals surface area contributed by atoms with E-state index in [1.165, 1.54) is 5.57 Å². The van der Waals surface area contributed by atoms with Gasteiger partial charge in [0.05, 0.1) is 0 Å². The van der Waals surface area contributed by atoms with Crippen molar-refractivity contribution in [3.8, 4) is 0 Å². The van der Waals surface area contributed by atoms with Gasteiger partial charge in [-0.15, -0.1) is 0 Å². The first kappa shape index (κ1) is 11.0. The molecule has 0 unspecified atom stereocenters. The van der Waals surface area contributed by atoms with Gasteiger partial charge in [0.15, 0.2) is 0 Å². The van der Waals surface area contributed by atoms with Gasteiger partial charge in [0.1, 0.15) is 5.82 Å². The smallest absolute Gasteiger partial charge is 0.105 e. The highest BCUT2D eigenvalue weighted by Gasteiger charge is 1.94. The number of aromatic nitrogens is 2. The van der Waals surface area contributed by atoms with Crippen molar-refractivity contribution >= 4 is 0 Å². The molecule has 0 aliphatic carbocycles. The maximum absolute atomic E-state index is 4.17. The molecule has 0 saturated heterocycles. The Hall–Kier alpha value is -1.09. The van der Waals surface area contributed by atoms with Crippen LogP contribution >= 0.6 is 0 Å². The summed E-state index contributed by atoms with van der Waals surface area (Å²) in [7, 11) is 0. The summed E-state index contributed by atoms with van der Waals surface area (Å²) >= 11 is 0. The standard InChI is InChI=1S/C11H19N3/c1-10(2)4-5-12-6-8-14-9-7-13-11(14)3/h4,7,9,12H,5-6,8H2,1-3H3. The molecule has 1 aromatic heterocycles. The largest absolute Gasteiger partial charge is 0.334 e. The molecule has 0 aromatic carbocycles. The molecule has 0 fully saturated rings. The van der Waals surface area contributed by atoms with Crippen molar-refractivity contribution in [1.29, 1.82) is 0 Å². The molecule has 78 valence electrons. The van der Waals surface area contributed by atoms with Crippen LogP contribution in [0.2, 0.25) is 0 Å². The van der Waals surface area contributed by atoms with Crippen LogP contribution in [-0.2, 0) is 6.54 Å². The Bertz CT molecular complexity index is 295. The molecule has 1 rings (SSSR count). The van der Waals surface area contributed by atoms with Gasteiger partial charge in [0.2, 0.25) is 0 Å². The van der Waals surface area contributed by atoms with Gasteiger partial charge in [-0.3, -0.25) is 0 Å². The highest BCUT2D eigenvalue weighted by Crippen LogP contribution is 1.93. The summed E-state index contributed by atoms with van der Waals surface area (Å²) < 4.78 is 2.15. The minimum absolute atomic E-state index is 0.954. The van der Waals surface area contributed by atoms with Gasteiger partial charge >= 0.3 is 0 Å². The lowest BCUT2D eigenvalue weighted by molar-refractivity contribution is 0.612. The van der Waals surface area contributed by atoms with Gasteiger partial charge in [-0.05, 0) is 20.8 Å². The van der Waals surface area contributed by atoms with Gasteiger partial charge in [0, 0.05) is 32.0 Å². The molecule has 3 heteroatoms. The van der Waals surface area contributed by atoms with Gasteiger partial charge in [-0.25, -0.2) is 4.98 Å². The fourth-order valence-electron chi connectivity index (χ4n) is 1.22. The van der Waals surface area contributed by atoms with Crippen molar-refractivity contribution in [2.24, 2.45) is 0 Å². The first-order valence-corrected chi connectivity index (χ1v) is 5.02. The van der Waals surface area contributed by atoms with E-state index < -0.39 is 0 Å². The topological polar surface area (TPSA) is 29.9 Å². The van der Waals surface area contributed by atoms with Crippen LogP contribution in [-0.4, -0.2) is 22.6 Å². The van der Waals surface area contributed by atoms with E-state index in [-0.39, 0.29) is 0 Å². The van der Waals surface area contributed by atoms with Crippen molar-refractivity contribution in [1.82, 2.24) is 14.9 Å². The molecule has 0 amide bonds. The van der Waals surface area contributed by atoms with Crippen molar-refractivity contribution in [3.05, 3.63) is 29.9 Å². The summed E-state index contributed by atoms with van der Waals surface area (Å²) in [6.45, 7) is 9.18. The molecular formula is C11H19N3. The third kappa shape index (κ3) is 3.75. The molecule has 0 saturated carbocycles. The highest BCUT2D eigenvalue weighted by molar-refractivity contribution is 4.94. The predicted octanol–water partition coefficient (Wildman–Crippen LogP) is 1.75. The quantitative estimate of drug-likeness (QED) is 0.570. The van der Waals surface area contributed by atoms with E-state index in [4.69, 9.17) is 0 Å². The maximum atomic E-state index is 4.17. The molecule has 0 radical (unpaired) electrons. The number of nitrogens with one attached hydrogen (secondary N) is 1. The average molecular weight is 193 g/mol. The number of imidazole rings is 1. The van der Waals surface area contributed by atoms with Crippen LogP contribution < -0.4 is 5.32 Å². The normalized spacial score (nSPS) is 10.2. The maximum Gasteiger partial charge on any atom is 0.105 e. The Morgan fingerprint density at radius 3 is 2.93 bits per heavy atom. The van der Waals surface area contributed by atoms with Crippen molar-refractivity contribution in [3.63, 3.8) is 0 Å². The van der Waals surface area contributed by atoms with Crippen LogP contribution in [0.3, 0.4) is 0 Å². The van der Waals surface area contributed by atoms with E-state index in [2.05, 4.69) is 34.8 Å². The summed E-state index contributed by atoms with van der Waals surface area (Å²) in [5.74, 6) is 1.08. The second-order valence-electron chi connectivity index (χ2n) is 3.65. The van der Waals surface area contributed by atoms with Crippen LogP contribution in [0.15, 0.2) is 24.0 Å². The lowest BCUT2D eigenvalue weighted by Crippen LogP contribution is -2.20. The zero-order valence-corrected chi connectivity index (χ0v) is 9.25. The summed E-state index contributed by atoms with van der Waals surface area (Å²) in [4.78, 5) is 4.17. The van der Waals surface area contributed by atoms with E-state index in [9.17, 15) is 0 Å². The zero-order chi connectivity index (χ0) is 10.4. The van der Waals surface area contributed by atoms with Crippen molar-refractivity contribution in [2.75, 3.05) is 13.1 Å². The molecule has 3 nitrogen and oxygen atoms in total. The van der Waals surface area contributed by atoms with Crippen LogP contribution in [0.1, 0.15) is 19.7 Å². The third-order valence-corrected chi connectivity index (χ3v) is 2.11. The molecule has 1 N–H and O–H groups in total. The van der Waals surface area contributed by atoms with Gasteiger partial charge < -0.3 is 9.88 Å². The monoisotopic (exact) mass is 193 g/mol. The van der Waals surface area contributed by atoms with E-state index in [1.807, 2.05) is 19.3 Å². The Morgan fingerprint density at radius 2 is 2.36 bits per heavy atom. The Labute approximate surface area is 85.8 Å². The zero-order valence-electron chi connectivity index (χ0n) is 9.25.